The van der Waals surface area contributed by atoms with Crippen LogP contribution in [0.3, 0.4) is 0 Å². The summed E-state index contributed by atoms with van der Waals surface area (Å²) in [5.41, 5.74) is 2.95. The average molecular weight is 231 g/mol. The molecule has 0 radical (unpaired) electrons. The topological polar surface area (TPSA) is 47.3 Å². The van der Waals surface area contributed by atoms with E-state index in [1.807, 2.05) is 0 Å². The number of hydrogen-bond donors (Lipinski definition) is 2. The second-order valence-corrected chi connectivity index (χ2v) is 3.21. The second kappa shape index (κ2) is 4.97. The van der Waals surface area contributed by atoms with Crippen LogP contribution >= 0.6 is 23.2 Å². The van der Waals surface area contributed by atoms with Crippen LogP contribution in [0, 0.1) is 12.3 Å². The fourth-order valence-electron chi connectivity index (χ4n) is 0.870. The quantitative estimate of drug-likeness (QED) is 0.476. The Labute approximate surface area is 92.1 Å². The predicted molar refractivity (Wildman–Crippen MR) is 58.6 cm³/mol. The van der Waals surface area contributed by atoms with Crippen molar-refractivity contribution in [3.05, 3.63) is 22.2 Å². The summed E-state index contributed by atoms with van der Waals surface area (Å²) in [7, 11) is 0. The van der Waals surface area contributed by atoms with Gasteiger partial charge in [-0.15, -0.1) is 6.42 Å². The number of terminal acetylenes is 1. The highest BCUT2D eigenvalue weighted by molar-refractivity contribution is 6.37. The lowest BCUT2D eigenvalue weighted by atomic mass is 10.3. The van der Waals surface area contributed by atoms with Crippen molar-refractivity contribution in [3.63, 3.8) is 0 Å². The minimum absolute atomic E-state index is 0.144. The van der Waals surface area contributed by atoms with E-state index >= 15 is 0 Å². The fourth-order valence-corrected chi connectivity index (χ4v) is 1.36. The molecule has 0 heterocycles. The molecular formula is C9H8Cl2N2O. The zero-order chi connectivity index (χ0) is 10.6. The van der Waals surface area contributed by atoms with Gasteiger partial charge in [-0.1, -0.05) is 29.1 Å². The number of nitrogens with two attached hydrogens (primary N) is 1. The summed E-state index contributed by atoms with van der Waals surface area (Å²) in [6, 6.07) is 3.12. The monoisotopic (exact) mass is 230 g/mol. The summed E-state index contributed by atoms with van der Waals surface area (Å²) >= 11 is 11.7. The van der Waals surface area contributed by atoms with Crippen LogP contribution in [0.2, 0.25) is 10.0 Å². The first-order valence-corrected chi connectivity index (χ1v) is 4.46. The summed E-state index contributed by atoms with van der Waals surface area (Å²) in [6.45, 7) is 0.144. The van der Waals surface area contributed by atoms with Crippen molar-refractivity contribution < 1.29 is 4.74 Å². The smallest absolute Gasteiger partial charge is 0.148 e. The molecule has 1 rings (SSSR count). The van der Waals surface area contributed by atoms with Crippen molar-refractivity contribution in [2.24, 2.45) is 5.84 Å². The van der Waals surface area contributed by atoms with Crippen LogP contribution in [-0.4, -0.2) is 6.61 Å². The van der Waals surface area contributed by atoms with Gasteiger partial charge < -0.3 is 10.2 Å². The van der Waals surface area contributed by atoms with Gasteiger partial charge in [-0.05, 0) is 6.07 Å². The zero-order valence-corrected chi connectivity index (χ0v) is 8.69. The fraction of sp³-hybridized carbons (Fsp3) is 0.111. The Morgan fingerprint density at radius 1 is 1.43 bits per heavy atom. The molecule has 3 nitrogen and oxygen atoms in total. The zero-order valence-electron chi connectivity index (χ0n) is 7.18. The average Bonchev–Trinajstić information content (AvgIpc) is 2.17. The molecule has 3 N–H and O–H groups in total. The number of benzene rings is 1. The third-order valence-corrected chi connectivity index (χ3v) is 2.10. The number of rotatable bonds is 3. The molecule has 0 aliphatic carbocycles. The Balaban J connectivity index is 2.99. The van der Waals surface area contributed by atoms with Crippen LogP contribution in [0.25, 0.3) is 0 Å². The molecule has 74 valence electrons. The summed E-state index contributed by atoms with van der Waals surface area (Å²) in [4.78, 5) is 0. The van der Waals surface area contributed by atoms with E-state index < -0.39 is 0 Å². The van der Waals surface area contributed by atoms with Gasteiger partial charge in [-0.2, -0.15) is 0 Å². The standard InChI is InChI=1S/C9H8Cl2N2O/c1-2-3-14-9-5-8(13-12)6(10)4-7(9)11/h1,4-5,13H,3,12H2. The third-order valence-electron chi connectivity index (χ3n) is 1.49. The molecule has 0 fully saturated rings. The van der Waals surface area contributed by atoms with Crippen LogP contribution < -0.4 is 16.0 Å². The predicted octanol–water partition coefficient (Wildman–Crippen LogP) is 2.29. The SMILES string of the molecule is C#CCOc1cc(NN)c(Cl)cc1Cl. The highest BCUT2D eigenvalue weighted by atomic mass is 35.5. The van der Waals surface area contributed by atoms with Crippen molar-refractivity contribution in [3.8, 4) is 18.1 Å². The van der Waals surface area contributed by atoms with Gasteiger partial charge in [0.15, 0.2) is 0 Å². The third kappa shape index (κ3) is 2.46. The number of anilines is 1. The first-order chi connectivity index (χ1) is 6.69. The first-order valence-electron chi connectivity index (χ1n) is 3.71. The number of nitrogens with one attached hydrogen (secondary N) is 1. The minimum Gasteiger partial charge on any atom is -0.479 e. The van der Waals surface area contributed by atoms with E-state index in [9.17, 15) is 0 Å². The molecular weight excluding hydrogens is 223 g/mol. The second-order valence-electron chi connectivity index (χ2n) is 2.40. The Bertz CT molecular complexity index is 374. The van der Waals surface area contributed by atoms with E-state index in [1.165, 1.54) is 6.07 Å². The van der Waals surface area contributed by atoms with Crippen molar-refractivity contribution in [2.45, 2.75) is 0 Å². The lowest BCUT2D eigenvalue weighted by Gasteiger charge is -2.09. The largest absolute Gasteiger partial charge is 0.479 e. The van der Waals surface area contributed by atoms with Gasteiger partial charge in [0.25, 0.3) is 0 Å². The Morgan fingerprint density at radius 3 is 2.71 bits per heavy atom. The maximum atomic E-state index is 5.85. The maximum absolute atomic E-state index is 5.85. The lowest BCUT2D eigenvalue weighted by Crippen LogP contribution is -2.07. The molecule has 0 atom stereocenters. The number of ether oxygens (including phenoxy) is 1. The van der Waals surface area contributed by atoms with Gasteiger partial charge in [-0.3, -0.25) is 5.84 Å². The molecule has 0 saturated carbocycles. The molecule has 0 unspecified atom stereocenters. The normalized spacial score (nSPS) is 9.29. The summed E-state index contributed by atoms with van der Waals surface area (Å²) in [5.74, 6) is 8.00. The molecule has 1 aromatic carbocycles. The van der Waals surface area contributed by atoms with Crippen molar-refractivity contribution in [2.75, 3.05) is 12.0 Å². The molecule has 0 aliphatic heterocycles. The summed E-state index contributed by atoms with van der Waals surface area (Å²) in [5, 5.41) is 0.815. The van der Waals surface area contributed by atoms with E-state index in [0.29, 0.717) is 21.5 Å². The van der Waals surface area contributed by atoms with Crippen molar-refractivity contribution in [1.29, 1.82) is 0 Å². The van der Waals surface area contributed by atoms with Crippen molar-refractivity contribution in [1.82, 2.24) is 0 Å². The number of hydrogen-bond acceptors (Lipinski definition) is 3. The number of hydrazine groups is 1. The number of nitrogen functional groups attached to an aromatic ring is 1. The summed E-state index contributed by atoms with van der Waals surface area (Å²) in [6.07, 6.45) is 5.04. The van der Waals surface area contributed by atoms with Gasteiger partial charge in [0.1, 0.15) is 12.4 Å². The van der Waals surface area contributed by atoms with Crippen LogP contribution in [0.15, 0.2) is 12.1 Å². The van der Waals surface area contributed by atoms with Gasteiger partial charge in [-0.25, -0.2) is 0 Å². The van der Waals surface area contributed by atoms with Gasteiger partial charge in [0.2, 0.25) is 0 Å². The lowest BCUT2D eigenvalue weighted by molar-refractivity contribution is 0.371. The maximum Gasteiger partial charge on any atom is 0.148 e. The molecule has 14 heavy (non-hydrogen) atoms. The molecule has 5 heteroatoms. The Hall–Kier alpha value is -1.08. The molecule has 0 bridgehead atoms. The van der Waals surface area contributed by atoms with E-state index in [0.717, 1.165) is 0 Å². The van der Waals surface area contributed by atoms with Crippen LogP contribution in [0.5, 0.6) is 5.75 Å². The summed E-state index contributed by atoms with van der Waals surface area (Å²) < 4.78 is 5.16. The molecule has 0 aromatic heterocycles. The van der Waals surface area contributed by atoms with E-state index in [-0.39, 0.29) is 6.61 Å². The van der Waals surface area contributed by atoms with E-state index in [1.54, 1.807) is 6.07 Å². The minimum atomic E-state index is 0.144. The Kier molecular flexibility index (Phi) is 3.90. The highest BCUT2D eigenvalue weighted by Crippen LogP contribution is 2.33. The molecule has 0 amide bonds. The molecule has 0 aliphatic rings. The van der Waals surface area contributed by atoms with Crippen LogP contribution in [0.1, 0.15) is 0 Å². The molecule has 1 aromatic rings. The highest BCUT2D eigenvalue weighted by Gasteiger charge is 2.06. The Morgan fingerprint density at radius 2 is 2.14 bits per heavy atom. The van der Waals surface area contributed by atoms with E-state index in [4.69, 9.17) is 40.2 Å². The van der Waals surface area contributed by atoms with Gasteiger partial charge >= 0.3 is 0 Å². The van der Waals surface area contributed by atoms with Crippen LogP contribution in [0.4, 0.5) is 5.69 Å². The van der Waals surface area contributed by atoms with E-state index in [2.05, 4.69) is 11.3 Å². The number of halogens is 2. The first kappa shape index (κ1) is 11.0. The molecule has 0 spiro atoms. The van der Waals surface area contributed by atoms with Gasteiger partial charge in [0.05, 0.1) is 15.7 Å². The van der Waals surface area contributed by atoms with Crippen LogP contribution in [-0.2, 0) is 0 Å². The van der Waals surface area contributed by atoms with Crippen molar-refractivity contribution >= 4 is 28.9 Å². The molecule has 0 saturated heterocycles. The van der Waals surface area contributed by atoms with Gasteiger partial charge in [0, 0.05) is 6.07 Å².